The molecule has 1 saturated heterocycles. The third-order valence-electron chi connectivity index (χ3n) is 3.14. The molecule has 0 bridgehead atoms. The number of carbonyl (C=O) groups is 1. The Balaban J connectivity index is 2.25. The van der Waals surface area contributed by atoms with Gasteiger partial charge in [0.1, 0.15) is 0 Å². The van der Waals surface area contributed by atoms with Crippen molar-refractivity contribution in [3.05, 3.63) is 0 Å². The summed E-state index contributed by atoms with van der Waals surface area (Å²) in [6.45, 7) is 5.05. The normalized spacial score (nSPS) is 19.6. The lowest BCUT2D eigenvalue weighted by Gasteiger charge is -2.31. The molecule has 0 aliphatic carbocycles. The first-order valence-electron chi connectivity index (χ1n) is 5.56. The van der Waals surface area contributed by atoms with Crippen LogP contribution in [0.2, 0.25) is 0 Å². The summed E-state index contributed by atoms with van der Waals surface area (Å²) in [5, 5.41) is 0. The van der Waals surface area contributed by atoms with Gasteiger partial charge < -0.3 is 4.90 Å². The largest absolute Gasteiger partial charge is 0.348 e. The van der Waals surface area contributed by atoms with Crippen molar-refractivity contribution in [3.8, 4) is 0 Å². The maximum absolute atomic E-state index is 11.4. The molecule has 1 fully saturated rings. The Labute approximate surface area is 87.1 Å². The number of hydrogen-bond donors (Lipinski definition) is 0. The van der Waals surface area contributed by atoms with Crippen LogP contribution in [0.25, 0.3) is 0 Å². The average Bonchev–Trinajstić information content (AvgIpc) is 2.19. The lowest BCUT2D eigenvalue weighted by Crippen LogP contribution is -2.41. The van der Waals surface area contributed by atoms with Crippen LogP contribution in [-0.2, 0) is 4.79 Å². The molecule has 0 spiro atoms. The van der Waals surface area contributed by atoms with Crippen LogP contribution in [0.3, 0.4) is 0 Å². The molecule has 1 rings (SSSR count). The van der Waals surface area contributed by atoms with Crippen molar-refractivity contribution >= 4 is 5.91 Å². The van der Waals surface area contributed by atoms with E-state index in [0.29, 0.717) is 6.54 Å². The third kappa shape index (κ3) is 3.29. The molecule has 1 heterocycles. The molecule has 14 heavy (non-hydrogen) atoms. The molecule has 0 aromatic rings. The minimum absolute atomic E-state index is 0.222. The second kappa shape index (κ2) is 5.35. The quantitative estimate of drug-likeness (QED) is 0.680. The van der Waals surface area contributed by atoms with Gasteiger partial charge >= 0.3 is 0 Å². The number of piperidine rings is 1. The van der Waals surface area contributed by atoms with E-state index in [1.807, 2.05) is 14.1 Å². The van der Waals surface area contributed by atoms with Gasteiger partial charge in [-0.1, -0.05) is 13.3 Å². The summed E-state index contributed by atoms with van der Waals surface area (Å²) >= 11 is 0. The van der Waals surface area contributed by atoms with Crippen LogP contribution in [0.15, 0.2) is 0 Å². The van der Waals surface area contributed by atoms with E-state index in [0.717, 1.165) is 19.0 Å². The summed E-state index contributed by atoms with van der Waals surface area (Å²) in [5.74, 6) is 1.11. The van der Waals surface area contributed by atoms with Gasteiger partial charge in [-0.2, -0.15) is 0 Å². The smallest absolute Gasteiger partial charge is 0.236 e. The van der Waals surface area contributed by atoms with Gasteiger partial charge in [-0.25, -0.2) is 0 Å². The van der Waals surface area contributed by atoms with E-state index in [4.69, 9.17) is 0 Å². The van der Waals surface area contributed by atoms with E-state index in [9.17, 15) is 4.79 Å². The predicted octanol–water partition coefficient (Wildman–Crippen LogP) is 1.20. The first-order chi connectivity index (χ1) is 6.63. The Morgan fingerprint density at radius 2 is 1.93 bits per heavy atom. The molecule has 1 amide bonds. The molecular weight excluding hydrogens is 176 g/mol. The highest BCUT2D eigenvalue weighted by atomic mass is 16.2. The third-order valence-corrected chi connectivity index (χ3v) is 3.14. The Bertz CT molecular complexity index is 184. The van der Waals surface area contributed by atoms with Crippen LogP contribution in [0.4, 0.5) is 0 Å². The van der Waals surface area contributed by atoms with Gasteiger partial charge in [-0.3, -0.25) is 9.69 Å². The highest BCUT2D eigenvalue weighted by Crippen LogP contribution is 2.19. The number of nitrogens with zero attached hydrogens (tertiary/aromatic N) is 2. The van der Waals surface area contributed by atoms with Crippen LogP contribution < -0.4 is 0 Å². The Morgan fingerprint density at radius 3 is 2.36 bits per heavy atom. The summed E-state index contributed by atoms with van der Waals surface area (Å²) in [5.41, 5.74) is 0. The minimum atomic E-state index is 0.222. The second-order valence-electron chi connectivity index (χ2n) is 4.42. The molecule has 1 aliphatic heterocycles. The second-order valence-corrected chi connectivity index (χ2v) is 4.42. The minimum Gasteiger partial charge on any atom is -0.348 e. The molecule has 82 valence electrons. The molecule has 0 aromatic heterocycles. The fourth-order valence-electron chi connectivity index (χ4n) is 1.89. The van der Waals surface area contributed by atoms with Crippen molar-refractivity contribution in [1.82, 2.24) is 9.80 Å². The number of rotatable bonds is 3. The first kappa shape index (κ1) is 11.5. The standard InChI is InChI=1S/C11H22N2O/c1-4-10-5-7-13(8-6-10)9-11(14)12(2)3/h10H,4-9H2,1-3H3. The molecule has 0 radical (unpaired) electrons. The highest BCUT2D eigenvalue weighted by molar-refractivity contribution is 5.77. The van der Waals surface area contributed by atoms with Crippen molar-refractivity contribution < 1.29 is 4.79 Å². The van der Waals surface area contributed by atoms with Crippen molar-refractivity contribution in [3.63, 3.8) is 0 Å². The van der Waals surface area contributed by atoms with Crippen LogP contribution in [0.5, 0.6) is 0 Å². The fraction of sp³-hybridized carbons (Fsp3) is 0.909. The predicted molar refractivity (Wildman–Crippen MR) is 58.1 cm³/mol. The summed E-state index contributed by atoms with van der Waals surface area (Å²) in [7, 11) is 3.64. The molecule has 0 atom stereocenters. The van der Waals surface area contributed by atoms with Gasteiger partial charge in [0.05, 0.1) is 6.54 Å². The van der Waals surface area contributed by atoms with Crippen LogP contribution >= 0.6 is 0 Å². The van der Waals surface area contributed by atoms with Gasteiger partial charge in [-0.05, 0) is 31.8 Å². The number of hydrogen-bond acceptors (Lipinski definition) is 2. The van der Waals surface area contributed by atoms with E-state index in [1.165, 1.54) is 19.3 Å². The van der Waals surface area contributed by atoms with E-state index >= 15 is 0 Å². The first-order valence-corrected chi connectivity index (χ1v) is 5.56. The monoisotopic (exact) mass is 198 g/mol. The maximum atomic E-state index is 11.4. The van der Waals surface area contributed by atoms with Crippen LogP contribution in [0.1, 0.15) is 26.2 Å². The van der Waals surface area contributed by atoms with Crippen molar-refractivity contribution in [1.29, 1.82) is 0 Å². The maximum Gasteiger partial charge on any atom is 0.236 e. The van der Waals surface area contributed by atoms with Gasteiger partial charge in [-0.15, -0.1) is 0 Å². The summed E-state index contributed by atoms with van der Waals surface area (Å²) in [4.78, 5) is 15.4. The Morgan fingerprint density at radius 1 is 1.36 bits per heavy atom. The van der Waals surface area contributed by atoms with E-state index in [-0.39, 0.29) is 5.91 Å². The summed E-state index contributed by atoms with van der Waals surface area (Å²) in [6.07, 6.45) is 3.81. The summed E-state index contributed by atoms with van der Waals surface area (Å²) in [6, 6.07) is 0. The van der Waals surface area contributed by atoms with Crippen molar-refractivity contribution in [2.75, 3.05) is 33.7 Å². The molecule has 0 saturated carbocycles. The molecule has 0 N–H and O–H groups in total. The van der Waals surface area contributed by atoms with Gasteiger partial charge in [0.25, 0.3) is 0 Å². The van der Waals surface area contributed by atoms with Crippen LogP contribution in [-0.4, -0.2) is 49.4 Å². The van der Waals surface area contributed by atoms with Gasteiger partial charge in [0, 0.05) is 14.1 Å². The summed E-state index contributed by atoms with van der Waals surface area (Å²) < 4.78 is 0. The average molecular weight is 198 g/mol. The molecule has 0 aromatic carbocycles. The van der Waals surface area contributed by atoms with Crippen LogP contribution in [0, 0.1) is 5.92 Å². The van der Waals surface area contributed by atoms with Crippen molar-refractivity contribution in [2.45, 2.75) is 26.2 Å². The zero-order chi connectivity index (χ0) is 10.6. The van der Waals surface area contributed by atoms with Gasteiger partial charge in [0.2, 0.25) is 5.91 Å². The molecular formula is C11H22N2O. The van der Waals surface area contributed by atoms with E-state index < -0.39 is 0 Å². The van der Waals surface area contributed by atoms with Crippen molar-refractivity contribution in [2.24, 2.45) is 5.92 Å². The molecule has 1 aliphatic rings. The number of amides is 1. The zero-order valence-corrected chi connectivity index (χ0v) is 9.62. The Hall–Kier alpha value is -0.570. The number of likely N-dealkylation sites (N-methyl/N-ethyl adjacent to an activating group) is 1. The molecule has 3 heteroatoms. The molecule has 3 nitrogen and oxygen atoms in total. The van der Waals surface area contributed by atoms with Gasteiger partial charge in [0.15, 0.2) is 0 Å². The highest BCUT2D eigenvalue weighted by Gasteiger charge is 2.19. The fourth-order valence-corrected chi connectivity index (χ4v) is 1.89. The number of carbonyl (C=O) groups excluding carboxylic acids is 1. The van der Waals surface area contributed by atoms with E-state index in [2.05, 4.69) is 11.8 Å². The SMILES string of the molecule is CCC1CCN(CC(=O)N(C)C)CC1. The zero-order valence-electron chi connectivity index (χ0n) is 9.62. The molecule has 0 unspecified atom stereocenters. The van der Waals surface area contributed by atoms with E-state index in [1.54, 1.807) is 4.90 Å². The topological polar surface area (TPSA) is 23.6 Å². The number of likely N-dealkylation sites (tertiary alicyclic amines) is 1. The lowest BCUT2D eigenvalue weighted by atomic mass is 9.94. The Kier molecular flexibility index (Phi) is 4.39. The lowest BCUT2D eigenvalue weighted by molar-refractivity contribution is -0.130.